The molecule has 0 bridgehead atoms. The Labute approximate surface area is 107 Å². The lowest BCUT2D eigenvalue weighted by Crippen LogP contribution is -2.37. The van der Waals surface area contributed by atoms with Crippen molar-refractivity contribution in [3.8, 4) is 12.3 Å². The van der Waals surface area contributed by atoms with Crippen LogP contribution < -0.4 is 10.6 Å². The van der Waals surface area contributed by atoms with Crippen molar-refractivity contribution in [1.29, 1.82) is 0 Å². The predicted molar refractivity (Wildman–Crippen MR) is 70.2 cm³/mol. The molecule has 98 valence electrons. The van der Waals surface area contributed by atoms with E-state index in [0.29, 0.717) is 24.8 Å². The predicted octanol–water partition coefficient (Wildman–Crippen LogP) is 0.499. The van der Waals surface area contributed by atoms with Gasteiger partial charge < -0.3 is 15.2 Å². The average Bonchev–Trinajstić information content (AvgIpc) is 2.77. The number of aryl methyl sites for hydroxylation is 2. The molecule has 0 amide bonds. The van der Waals surface area contributed by atoms with Crippen molar-refractivity contribution < 1.29 is 4.52 Å². The van der Waals surface area contributed by atoms with Gasteiger partial charge in [-0.1, -0.05) is 11.1 Å². The number of guanidine groups is 1. The second kappa shape index (κ2) is 8.12. The number of hydrogen-bond donors (Lipinski definition) is 2. The summed E-state index contributed by atoms with van der Waals surface area (Å²) in [7, 11) is 0. The quantitative estimate of drug-likeness (QED) is 0.332. The second-order valence-corrected chi connectivity index (χ2v) is 3.66. The number of aliphatic imine (C=N–C) groups is 1. The molecule has 0 aliphatic carbocycles. The molecule has 0 saturated heterocycles. The number of nitrogens with one attached hydrogen (secondary N) is 2. The molecule has 1 aromatic heterocycles. The highest BCUT2D eigenvalue weighted by Gasteiger charge is 2.01. The van der Waals surface area contributed by atoms with Crippen LogP contribution in [0.3, 0.4) is 0 Å². The molecule has 0 fully saturated rings. The third kappa shape index (κ3) is 5.34. The van der Waals surface area contributed by atoms with Crippen molar-refractivity contribution in [2.75, 3.05) is 19.6 Å². The SMILES string of the molecule is C#CCNC(=NCCCc1nc(C)no1)NCC. The molecule has 0 unspecified atom stereocenters. The topological polar surface area (TPSA) is 75.3 Å². The first-order chi connectivity index (χ1) is 8.76. The van der Waals surface area contributed by atoms with Crippen molar-refractivity contribution in [2.24, 2.45) is 4.99 Å². The molecule has 1 rings (SSSR count). The van der Waals surface area contributed by atoms with Crippen LogP contribution in [0.1, 0.15) is 25.1 Å². The van der Waals surface area contributed by atoms with Gasteiger partial charge in [0.2, 0.25) is 5.89 Å². The fraction of sp³-hybridized carbons (Fsp3) is 0.583. The van der Waals surface area contributed by atoms with Gasteiger partial charge in [-0.2, -0.15) is 4.98 Å². The maximum atomic E-state index is 5.18. The molecule has 1 heterocycles. The molecule has 0 atom stereocenters. The van der Waals surface area contributed by atoms with Gasteiger partial charge in [0.05, 0.1) is 6.54 Å². The lowest BCUT2D eigenvalue weighted by atomic mass is 10.3. The van der Waals surface area contributed by atoms with Crippen LogP contribution in [0.15, 0.2) is 9.52 Å². The third-order valence-electron chi connectivity index (χ3n) is 2.09. The standard InChI is InChI=1S/C12H19N5O/c1-4-8-14-12(13-5-2)15-9-6-7-11-16-10(3)17-18-11/h1H,5-9H2,2-3H3,(H2,13,14,15). The van der Waals surface area contributed by atoms with Crippen molar-refractivity contribution in [2.45, 2.75) is 26.7 Å². The van der Waals surface area contributed by atoms with Gasteiger partial charge in [0.25, 0.3) is 0 Å². The molecule has 0 radical (unpaired) electrons. The molecule has 18 heavy (non-hydrogen) atoms. The van der Waals surface area contributed by atoms with Gasteiger partial charge in [-0.05, 0) is 20.3 Å². The first-order valence-corrected chi connectivity index (χ1v) is 6.01. The van der Waals surface area contributed by atoms with Crippen molar-refractivity contribution in [3.05, 3.63) is 11.7 Å². The van der Waals surface area contributed by atoms with Crippen molar-refractivity contribution >= 4 is 5.96 Å². The molecule has 1 aromatic rings. The molecule has 0 aliphatic heterocycles. The molecule has 0 saturated carbocycles. The fourth-order valence-electron chi connectivity index (χ4n) is 1.34. The highest BCUT2D eigenvalue weighted by atomic mass is 16.5. The number of hydrogen-bond acceptors (Lipinski definition) is 4. The minimum absolute atomic E-state index is 0.467. The smallest absolute Gasteiger partial charge is 0.226 e. The summed E-state index contributed by atoms with van der Waals surface area (Å²) >= 11 is 0. The summed E-state index contributed by atoms with van der Waals surface area (Å²) < 4.78 is 5.02. The molecule has 6 heteroatoms. The van der Waals surface area contributed by atoms with E-state index in [2.05, 4.69) is 31.7 Å². The number of aromatic nitrogens is 2. The molecule has 2 N–H and O–H groups in total. The van der Waals surface area contributed by atoms with Gasteiger partial charge in [-0.25, -0.2) is 0 Å². The number of rotatable bonds is 6. The van der Waals surface area contributed by atoms with Crippen LogP contribution in [0.2, 0.25) is 0 Å². The summed E-state index contributed by atoms with van der Waals surface area (Å²) in [6, 6.07) is 0. The molecular formula is C12H19N5O. The first kappa shape index (κ1) is 14.0. The number of terminal acetylenes is 1. The lowest BCUT2D eigenvalue weighted by Gasteiger charge is -2.08. The van der Waals surface area contributed by atoms with E-state index in [1.807, 2.05) is 6.92 Å². The molecule has 0 spiro atoms. The largest absolute Gasteiger partial charge is 0.357 e. The zero-order valence-electron chi connectivity index (χ0n) is 10.9. The fourth-order valence-corrected chi connectivity index (χ4v) is 1.34. The summed E-state index contributed by atoms with van der Waals surface area (Å²) in [6.07, 6.45) is 6.77. The second-order valence-electron chi connectivity index (χ2n) is 3.66. The van der Waals surface area contributed by atoms with Crippen LogP contribution >= 0.6 is 0 Å². The average molecular weight is 249 g/mol. The van der Waals surface area contributed by atoms with Gasteiger partial charge >= 0.3 is 0 Å². The van der Waals surface area contributed by atoms with Gasteiger partial charge in [-0.3, -0.25) is 4.99 Å². The summed E-state index contributed by atoms with van der Waals surface area (Å²) in [5.74, 6) is 4.56. The Bertz CT molecular complexity index is 418. The lowest BCUT2D eigenvalue weighted by molar-refractivity contribution is 0.372. The highest BCUT2D eigenvalue weighted by Crippen LogP contribution is 1.99. The van der Waals surface area contributed by atoms with E-state index in [-0.39, 0.29) is 0 Å². The first-order valence-electron chi connectivity index (χ1n) is 6.01. The monoisotopic (exact) mass is 249 g/mol. The third-order valence-corrected chi connectivity index (χ3v) is 2.09. The van der Waals surface area contributed by atoms with Gasteiger partial charge in [-0.15, -0.1) is 6.42 Å². The van der Waals surface area contributed by atoms with Gasteiger partial charge in [0.1, 0.15) is 0 Å². The summed E-state index contributed by atoms with van der Waals surface area (Å²) in [5.41, 5.74) is 0. The maximum Gasteiger partial charge on any atom is 0.226 e. The van der Waals surface area contributed by atoms with E-state index in [1.54, 1.807) is 6.92 Å². The molecule has 6 nitrogen and oxygen atoms in total. The van der Waals surface area contributed by atoms with E-state index in [9.17, 15) is 0 Å². The van der Waals surface area contributed by atoms with E-state index in [0.717, 1.165) is 25.3 Å². The Kier molecular flexibility index (Phi) is 6.33. The van der Waals surface area contributed by atoms with Crippen LogP contribution in [-0.2, 0) is 6.42 Å². The van der Waals surface area contributed by atoms with Crippen molar-refractivity contribution in [3.63, 3.8) is 0 Å². The van der Waals surface area contributed by atoms with Crippen LogP contribution in [-0.4, -0.2) is 35.7 Å². The van der Waals surface area contributed by atoms with Crippen LogP contribution in [0.4, 0.5) is 0 Å². The van der Waals surface area contributed by atoms with E-state index >= 15 is 0 Å². The van der Waals surface area contributed by atoms with E-state index < -0.39 is 0 Å². The Hall–Kier alpha value is -2.03. The van der Waals surface area contributed by atoms with E-state index in [4.69, 9.17) is 10.9 Å². The zero-order valence-corrected chi connectivity index (χ0v) is 10.9. The highest BCUT2D eigenvalue weighted by molar-refractivity contribution is 5.79. The Morgan fingerprint density at radius 3 is 2.94 bits per heavy atom. The summed E-state index contributed by atoms with van der Waals surface area (Å²) in [6.45, 7) is 5.77. The van der Waals surface area contributed by atoms with Crippen LogP contribution in [0.25, 0.3) is 0 Å². The summed E-state index contributed by atoms with van der Waals surface area (Å²) in [4.78, 5) is 8.51. The van der Waals surface area contributed by atoms with Crippen LogP contribution in [0.5, 0.6) is 0 Å². The Morgan fingerprint density at radius 2 is 2.33 bits per heavy atom. The number of nitrogens with zero attached hydrogens (tertiary/aromatic N) is 3. The van der Waals surface area contributed by atoms with Crippen LogP contribution in [0, 0.1) is 19.3 Å². The maximum absolute atomic E-state index is 5.18. The minimum atomic E-state index is 0.467. The van der Waals surface area contributed by atoms with Gasteiger partial charge in [0.15, 0.2) is 11.8 Å². The molecule has 0 aromatic carbocycles. The van der Waals surface area contributed by atoms with E-state index in [1.165, 1.54) is 0 Å². The molecular weight excluding hydrogens is 230 g/mol. The zero-order chi connectivity index (χ0) is 13.2. The Balaban J connectivity index is 2.29. The molecule has 0 aliphatic rings. The summed E-state index contributed by atoms with van der Waals surface area (Å²) in [5, 5.41) is 9.87. The minimum Gasteiger partial charge on any atom is -0.357 e. The van der Waals surface area contributed by atoms with Gasteiger partial charge in [0, 0.05) is 19.5 Å². The Morgan fingerprint density at radius 1 is 1.50 bits per heavy atom. The van der Waals surface area contributed by atoms with Crippen molar-refractivity contribution in [1.82, 2.24) is 20.8 Å². The normalized spacial score (nSPS) is 11.1.